The molecular weight excluding hydrogens is 302 g/mol. The largest absolute Gasteiger partial charge is 0.339 e. The van der Waals surface area contributed by atoms with E-state index in [1.54, 1.807) is 49.4 Å². The monoisotopic (exact) mass is 313 g/mol. The Morgan fingerprint density at radius 1 is 1.18 bits per heavy atom. The second-order valence-corrected chi connectivity index (χ2v) is 5.12. The van der Waals surface area contributed by atoms with Crippen LogP contribution < -0.4 is 5.32 Å². The summed E-state index contributed by atoms with van der Waals surface area (Å²) < 4.78 is 4.95. The summed E-state index contributed by atoms with van der Waals surface area (Å²) in [5, 5.41) is 7.27. The van der Waals surface area contributed by atoms with Crippen LogP contribution in [0.4, 0.5) is 5.69 Å². The van der Waals surface area contributed by atoms with Crippen molar-refractivity contribution in [3.8, 4) is 11.4 Å². The summed E-state index contributed by atoms with van der Waals surface area (Å²) in [5.74, 6) is 0.717. The normalized spacial score (nSPS) is 10.5. The Morgan fingerprint density at radius 2 is 1.95 bits per heavy atom. The van der Waals surface area contributed by atoms with Crippen LogP contribution >= 0.6 is 11.6 Å². The fourth-order valence-electron chi connectivity index (χ4n) is 1.95. The van der Waals surface area contributed by atoms with Gasteiger partial charge in [-0.2, -0.15) is 4.98 Å². The standard InChI is InChI=1S/C16H12ClN3O2/c1-10-18-15(20-22-10)11-3-2-4-12(9-11)16(21)19-14-7-5-13(17)6-8-14/h2-9H,1H3,(H,19,21). The third kappa shape index (κ3) is 3.15. The summed E-state index contributed by atoms with van der Waals surface area (Å²) in [4.78, 5) is 16.4. The first-order chi connectivity index (χ1) is 10.6. The van der Waals surface area contributed by atoms with Gasteiger partial charge in [-0.1, -0.05) is 28.9 Å². The molecule has 110 valence electrons. The molecule has 3 aromatic rings. The molecule has 0 saturated carbocycles. The number of rotatable bonds is 3. The van der Waals surface area contributed by atoms with Gasteiger partial charge in [-0.25, -0.2) is 0 Å². The van der Waals surface area contributed by atoms with Gasteiger partial charge in [0.25, 0.3) is 5.91 Å². The van der Waals surface area contributed by atoms with Crippen LogP contribution in [0.3, 0.4) is 0 Å². The number of nitrogens with zero attached hydrogens (tertiary/aromatic N) is 2. The van der Waals surface area contributed by atoms with Crippen LogP contribution in [0.5, 0.6) is 0 Å². The second-order valence-electron chi connectivity index (χ2n) is 4.68. The number of carbonyl (C=O) groups excluding carboxylic acids is 1. The number of aryl methyl sites for hydroxylation is 1. The molecule has 0 spiro atoms. The molecule has 1 aromatic heterocycles. The molecule has 22 heavy (non-hydrogen) atoms. The van der Waals surface area contributed by atoms with E-state index in [9.17, 15) is 4.79 Å². The SMILES string of the molecule is Cc1nc(-c2cccc(C(=O)Nc3ccc(Cl)cc3)c2)no1. The van der Waals surface area contributed by atoms with Crippen molar-refractivity contribution in [1.82, 2.24) is 10.1 Å². The first-order valence-corrected chi connectivity index (χ1v) is 6.97. The first kappa shape index (κ1) is 14.3. The summed E-state index contributed by atoms with van der Waals surface area (Å²) in [5.41, 5.74) is 1.91. The number of benzene rings is 2. The van der Waals surface area contributed by atoms with Gasteiger partial charge in [0, 0.05) is 28.8 Å². The first-order valence-electron chi connectivity index (χ1n) is 6.59. The average Bonchev–Trinajstić information content (AvgIpc) is 2.96. The van der Waals surface area contributed by atoms with E-state index in [1.165, 1.54) is 0 Å². The summed E-state index contributed by atoms with van der Waals surface area (Å²) >= 11 is 5.82. The van der Waals surface area contributed by atoms with Gasteiger partial charge in [0.2, 0.25) is 11.7 Å². The van der Waals surface area contributed by atoms with Crippen molar-refractivity contribution in [2.75, 3.05) is 5.32 Å². The third-order valence-electron chi connectivity index (χ3n) is 3.01. The van der Waals surface area contributed by atoms with Gasteiger partial charge in [-0.15, -0.1) is 0 Å². The van der Waals surface area contributed by atoms with Crippen LogP contribution in [0.2, 0.25) is 5.02 Å². The van der Waals surface area contributed by atoms with Gasteiger partial charge in [-0.05, 0) is 36.4 Å². The number of amides is 1. The van der Waals surface area contributed by atoms with Crippen molar-refractivity contribution in [1.29, 1.82) is 0 Å². The lowest BCUT2D eigenvalue weighted by Crippen LogP contribution is -2.11. The maximum atomic E-state index is 12.3. The summed E-state index contributed by atoms with van der Waals surface area (Å²) in [6.07, 6.45) is 0. The fourth-order valence-corrected chi connectivity index (χ4v) is 2.08. The molecule has 0 bridgehead atoms. The Morgan fingerprint density at radius 3 is 2.64 bits per heavy atom. The van der Waals surface area contributed by atoms with Crippen LogP contribution in [-0.2, 0) is 0 Å². The summed E-state index contributed by atoms with van der Waals surface area (Å²) in [7, 11) is 0. The lowest BCUT2D eigenvalue weighted by atomic mass is 10.1. The van der Waals surface area contributed by atoms with Gasteiger partial charge < -0.3 is 9.84 Å². The molecule has 5 nitrogen and oxygen atoms in total. The Labute approximate surface area is 131 Å². The molecule has 1 N–H and O–H groups in total. The van der Waals surface area contributed by atoms with Crippen LogP contribution in [0.15, 0.2) is 53.1 Å². The zero-order valence-electron chi connectivity index (χ0n) is 11.7. The van der Waals surface area contributed by atoms with Gasteiger partial charge >= 0.3 is 0 Å². The smallest absolute Gasteiger partial charge is 0.255 e. The number of hydrogen-bond acceptors (Lipinski definition) is 4. The zero-order chi connectivity index (χ0) is 15.5. The molecule has 0 radical (unpaired) electrons. The minimum absolute atomic E-state index is 0.218. The predicted octanol–water partition coefficient (Wildman–Crippen LogP) is 3.95. The van der Waals surface area contributed by atoms with E-state index in [0.29, 0.717) is 28.0 Å². The molecule has 0 aliphatic rings. The molecular formula is C16H12ClN3O2. The van der Waals surface area contributed by atoms with Crippen LogP contribution in [-0.4, -0.2) is 16.0 Å². The maximum absolute atomic E-state index is 12.3. The molecule has 0 atom stereocenters. The van der Waals surface area contributed by atoms with E-state index in [-0.39, 0.29) is 5.91 Å². The Balaban J connectivity index is 1.82. The minimum Gasteiger partial charge on any atom is -0.339 e. The number of carbonyl (C=O) groups is 1. The van der Waals surface area contributed by atoms with Gasteiger partial charge in [0.05, 0.1) is 0 Å². The predicted molar refractivity (Wildman–Crippen MR) is 83.9 cm³/mol. The van der Waals surface area contributed by atoms with Crippen molar-refractivity contribution < 1.29 is 9.32 Å². The maximum Gasteiger partial charge on any atom is 0.255 e. The van der Waals surface area contributed by atoms with E-state index in [0.717, 1.165) is 5.56 Å². The van der Waals surface area contributed by atoms with E-state index in [2.05, 4.69) is 15.5 Å². The summed E-state index contributed by atoms with van der Waals surface area (Å²) in [6.45, 7) is 1.72. The van der Waals surface area contributed by atoms with Crippen LogP contribution in [0, 0.1) is 6.92 Å². The molecule has 2 aromatic carbocycles. The lowest BCUT2D eigenvalue weighted by Gasteiger charge is -2.06. The number of nitrogens with one attached hydrogen (secondary N) is 1. The number of halogens is 1. The molecule has 0 fully saturated rings. The molecule has 0 saturated heterocycles. The van der Waals surface area contributed by atoms with E-state index in [4.69, 9.17) is 16.1 Å². The molecule has 6 heteroatoms. The number of anilines is 1. The number of hydrogen-bond donors (Lipinski definition) is 1. The molecule has 3 rings (SSSR count). The van der Waals surface area contributed by atoms with Crippen molar-refractivity contribution in [3.63, 3.8) is 0 Å². The minimum atomic E-state index is -0.218. The topological polar surface area (TPSA) is 68.0 Å². The highest BCUT2D eigenvalue weighted by Crippen LogP contribution is 2.19. The molecule has 0 unspecified atom stereocenters. The highest BCUT2D eigenvalue weighted by molar-refractivity contribution is 6.30. The molecule has 0 aliphatic carbocycles. The molecule has 1 heterocycles. The average molecular weight is 314 g/mol. The fraction of sp³-hybridized carbons (Fsp3) is 0.0625. The van der Waals surface area contributed by atoms with Crippen molar-refractivity contribution >= 4 is 23.2 Å². The Kier molecular flexibility index (Phi) is 3.89. The van der Waals surface area contributed by atoms with Gasteiger partial charge in [0.15, 0.2) is 0 Å². The highest BCUT2D eigenvalue weighted by Gasteiger charge is 2.10. The van der Waals surface area contributed by atoms with Crippen LogP contribution in [0.1, 0.15) is 16.2 Å². The Bertz CT molecular complexity index is 812. The van der Waals surface area contributed by atoms with E-state index >= 15 is 0 Å². The summed E-state index contributed by atoms with van der Waals surface area (Å²) in [6, 6.07) is 14.0. The Hall–Kier alpha value is -2.66. The van der Waals surface area contributed by atoms with Gasteiger partial charge in [0.1, 0.15) is 0 Å². The number of aromatic nitrogens is 2. The van der Waals surface area contributed by atoms with Crippen molar-refractivity contribution in [2.45, 2.75) is 6.92 Å². The van der Waals surface area contributed by atoms with E-state index in [1.807, 2.05) is 6.07 Å². The lowest BCUT2D eigenvalue weighted by molar-refractivity contribution is 0.102. The van der Waals surface area contributed by atoms with Crippen LogP contribution in [0.25, 0.3) is 11.4 Å². The van der Waals surface area contributed by atoms with E-state index < -0.39 is 0 Å². The zero-order valence-corrected chi connectivity index (χ0v) is 12.5. The third-order valence-corrected chi connectivity index (χ3v) is 3.26. The molecule has 0 aliphatic heterocycles. The van der Waals surface area contributed by atoms with Crippen molar-refractivity contribution in [2.24, 2.45) is 0 Å². The highest BCUT2D eigenvalue weighted by atomic mass is 35.5. The quantitative estimate of drug-likeness (QED) is 0.795. The van der Waals surface area contributed by atoms with Gasteiger partial charge in [-0.3, -0.25) is 4.79 Å². The molecule has 1 amide bonds. The van der Waals surface area contributed by atoms with Crippen molar-refractivity contribution in [3.05, 3.63) is 65.0 Å². The second kappa shape index (κ2) is 5.99.